The Labute approximate surface area is 148 Å². The van der Waals surface area contributed by atoms with E-state index in [0.717, 1.165) is 0 Å². The summed E-state index contributed by atoms with van der Waals surface area (Å²) in [6.07, 6.45) is -4.69. The molecule has 1 saturated heterocycles. The second kappa shape index (κ2) is 6.60. The van der Waals surface area contributed by atoms with E-state index in [0.29, 0.717) is 10.7 Å². The molecule has 0 saturated carbocycles. The molecule has 1 atom stereocenters. The van der Waals surface area contributed by atoms with Gasteiger partial charge in [0.1, 0.15) is 0 Å². The molecule has 132 valence electrons. The molecule has 1 fully saturated rings. The largest absolute Gasteiger partial charge is 0.445 e. The standard InChI is InChI=1S/C14H10ClF3N4O2S/c15-8-3-1-2-4-9(8)22-6-7(5-10(22)23)11(24)19-13-21-20-12(25-13)14(16,17)18/h1-4,7H,5-6H2,(H,19,21,24). The lowest BCUT2D eigenvalue weighted by Gasteiger charge is -2.17. The summed E-state index contributed by atoms with van der Waals surface area (Å²) in [5.74, 6) is -1.60. The third-order valence-electron chi connectivity index (χ3n) is 3.54. The number of anilines is 2. The molecule has 0 spiro atoms. The maximum Gasteiger partial charge on any atom is 0.445 e. The van der Waals surface area contributed by atoms with Crippen LogP contribution in [-0.4, -0.2) is 28.6 Å². The van der Waals surface area contributed by atoms with Gasteiger partial charge < -0.3 is 10.2 Å². The van der Waals surface area contributed by atoms with Crippen molar-refractivity contribution in [3.05, 3.63) is 34.3 Å². The highest BCUT2D eigenvalue weighted by atomic mass is 35.5. The molecule has 0 bridgehead atoms. The van der Waals surface area contributed by atoms with E-state index < -0.39 is 23.0 Å². The number of carbonyl (C=O) groups excluding carboxylic acids is 2. The average Bonchev–Trinajstić information content (AvgIpc) is 3.14. The zero-order valence-electron chi connectivity index (χ0n) is 12.4. The van der Waals surface area contributed by atoms with Gasteiger partial charge in [0.25, 0.3) is 0 Å². The first-order chi connectivity index (χ1) is 11.8. The van der Waals surface area contributed by atoms with E-state index in [9.17, 15) is 22.8 Å². The van der Waals surface area contributed by atoms with Gasteiger partial charge >= 0.3 is 6.18 Å². The van der Waals surface area contributed by atoms with Crippen molar-refractivity contribution >= 4 is 45.6 Å². The number of amides is 2. The Morgan fingerprint density at radius 3 is 2.68 bits per heavy atom. The summed E-state index contributed by atoms with van der Waals surface area (Å²) in [7, 11) is 0. The number of rotatable bonds is 3. The predicted molar refractivity (Wildman–Crippen MR) is 85.5 cm³/mol. The molecule has 1 aromatic heterocycles. The number of carbonyl (C=O) groups is 2. The van der Waals surface area contributed by atoms with Crippen LogP contribution in [0.2, 0.25) is 5.02 Å². The van der Waals surface area contributed by atoms with Crippen molar-refractivity contribution in [1.29, 1.82) is 0 Å². The Balaban J connectivity index is 1.69. The Morgan fingerprint density at radius 1 is 1.32 bits per heavy atom. The van der Waals surface area contributed by atoms with Crippen LogP contribution in [0.15, 0.2) is 24.3 Å². The van der Waals surface area contributed by atoms with Gasteiger partial charge in [-0.3, -0.25) is 9.59 Å². The molecule has 6 nitrogen and oxygen atoms in total. The molecule has 2 heterocycles. The highest BCUT2D eigenvalue weighted by molar-refractivity contribution is 7.15. The first-order valence-electron chi connectivity index (χ1n) is 7.02. The van der Waals surface area contributed by atoms with E-state index in [1.807, 2.05) is 0 Å². The first-order valence-corrected chi connectivity index (χ1v) is 8.21. The maximum atomic E-state index is 12.5. The molecular formula is C14H10ClF3N4O2S. The van der Waals surface area contributed by atoms with Crippen LogP contribution in [0.25, 0.3) is 0 Å². The van der Waals surface area contributed by atoms with E-state index >= 15 is 0 Å². The van der Waals surface area contributed by atoms with Gasteiger partial charge in [0, 0.05) is 13.0 Å². The van der Waals surface area contributed by atoms with Gasteiger partial charge in [-0.25, -0.2) is 0 Å². The van der Waals surface area contributed by atoms with Gasteiger partial charge in [-0.15, -0.1) is 10.2 Å². The lowest BCUT2D eigenvalue weighted by Crippen LogP contribution is -2.28. The van der Waals surface area contributed by atoms with Crippen molar-refractivity contribution in [3.63, 3.8) is 0 Å². The molecule has 2 amide bonds. The minimum Gasteiger partial charge on any atom is -0.310 e. The molecule has 1 aromatic carbocycles. The van der Waals surface area contributed by atoms with Gasteiger partial charge in [0.15, 0.2) is 0 Å². The smallest absolute Gasteiger partial charge is 0.310 e. The number of para-hydroxylation sites is 1. The summed E-state index contributed by atoms with van der Waals surface area (Å²) in [4.78, 5) is 25.7. The van der Waals surface area contributed by atoms with Crippen LogP contribution in [0, 0.1) is 5.92 Å². The van der Waals surface area contributed by atoms with Crippen LogP contribution in [0.1, 0.15) is 11.4 Å². The number of hydrogen-bond acceptors (Lipinski definition) is 5. The maximum absolute atomic E-state index is 12.5. The molecule has 25 heavy (non-hydrogen) atoms. The topological polar surface area (TPSA) is 75.2 Å². The van der Waals surface area contributed by atoms with E-state index in [1.54, 1.807) is 24.3 Å². The van der Waals surface area contributed by atoms with Crippen molar-refractivity contribution in [2.45, 2.75) is 12.6 Å². The minimum absolute atomic E-state index is 0.0675. The molecule has 0 radical (unpaired) electrons. The molecule has 1 N–H and O–H groups in total. The SMILES string of the molecule is O=C(Nc1nnc(C(F)(F)F)s1)C1CC(=O)N(c2ccccc2Cl)C1. The van der Waals surface area contributed by atoms with Gasteiger partial charge in [-0.1, -0.05) is 35.1 Å². The van der Waals surface area contributed by atoms with Crippen LogP contribution < -0.4 is 10.2 Å². The zero-order valence-corrected chi connectivity index (χ0v) is 14.0. The van der Waals surface area contributed by atoms with E-state index in [1.165, 1.54) is 4.90 Å². The average molecular weight is 391 g/mol. The van der Waals surface area contributed by atoms with Crippen molar-refractivity contribution in [2.24, 2.45) is 5.92 Å². The summed E-state index contributed by atoms with van der Waals surface area (Å²) in [6, 6.07) is 6.70. The molecule has 1 unspecified atom stereocenters. The second-order valence-electron chi connectivity index (χ2n) is 5.26. The van der Waals surface area contributed by atoms with E-state index in [-0.39, 0.29) is 35.3 Å². The minimum atomic E-state index is -4.62. The Bertz CT molecular complexity index is 826. The number of hydrogen-bond donors (Lipinski definition) is 1. The summed E-state index contributed by atoms with van der Waals surface area (Å²) < 4.78 is 37.5. The number of halogens is 4. The monoisotopic (exact) mass is 390 g/mol. The normalized spacial score (nSPS) is 17.8. The molecule has 0 aliphatic carbocycles. The summed E-state index contributed by atoms with van der Waals surface area (Å²) in [5.41, 5.74) is 0.486. The third kappa shape index (κ3) is 3.74. The Hall–Kier alpha value is -2.20. The fraction of sp³-hybridized carbons (Fsp3) is 0.286. The molecule has 1 aliphatic rings. The van der Waals surface area contributed by atoms with Crippen molar-refractivity contribution in [3.8, 4) is 0 Å². The molecule has 1 aliphatic heterocycles. The van der Waals surface area contributed by atoms with Crippen molar-refractivity contribution in [2.75, 3.05) is 16.8 Å². The number of nitrogens with one attached hydrogen (secondary N) is 1. The van der Waals surface area contributed by atoms with Crippen molar-refractivity contribution in [1.82, 2.24) is 10.2 Å². The van der Waals surface area contributed by atoms with Crippen LogP contribution >= 0.6 is 22.9 Å². The summed E-state index contributed by atoms with van der Waals surface area (Å²) >= 11 is 6.28. The summed E-state index contributed by atoms with van der Waals surface area (Å²) in [5, 5.41) is 7.53. The number of benzene rings is 1. The lowest BCUT2D eigenvalue weighted by molar-refractivity contribution is -0.138. The predicted octanol–water partition coefficient (Wildman–Crippen LogP) is 3.20. The second-order valence-corrected chi connectivity index (χ2v) is 6.64. The number of alkyl halides is 3. The van der Waals surface area contributed by atoms with Crippen LogP contribution in [0.4, 0.5) is 24.0 Å². The Morgan fingerprint density at radius 2 is 2.04 bits per heavy atom. The summed E-state index contributed by atoms with van der Waals surface area (Å²) in [6.45, 7) is 0.0827. The highest BCUT2D eigenvalue weighted by Gasteiger charge is 2.38. The highest BCUT2D eigenvalue weighted by Crippen LogP contribution is 2.34. The van der Waals surface area contributed by atoms with Crippen LogP contribution in [-0.2, 0) is 15.8 Å². The van der Waals surface area contributed by atoms with Gasteiger partial charge in [-0.05, 0) is 12.1 Å². The number of aromatic nitrogens is 2. The fourth-order valence-corrected chi connectivity index (χ4v) is 3.23. The van der Waals surface area contributed by atoms with Gasteiger partial charge in [0.05, 0.1) is 16.6 Å². The quantitative estimate of drug-likeness (QED) is 0.873. The molecule has 3 rings (SSSR count). The zero-order chi connectivity index (χ0) is 18.2. The fourth-order valence-electron chi connectivity index (χ4n) is 2.38. The third-order valence-corrected chi connectivity index (χ3v) is 4.74. The molecule has 11 heteroatoms. The Kier molecular flexibility index (Phi) is 4.65. The van der Waals surface area contributed by atoms with E-state index in [2.05, 4.69) is 15.5 Å². The molecular weight excluding hydrogens is 381 g/mol. The van der Waals surface area contributed by atoms with Crippen molar-refractivity contribution < 1.29 is 22.8 Å². The van der Waals surface area contributed by atoms with Crippen LogP contribution in [0.5, 0.6) is 0 Å². The van der Waals surface area contributed by atoms with Gasteiger partial charge in [0.2, 0.25) is 22.0 Å². The lowest BCUT2D eigenvalue weighted by atomic mass is 10.1. The first kappa shape index (κ1) is 17.6. The molecule has 2 aromatic rings. The van der Waals surface area contributed by atoms with Gasteiger partial charge in [-0.2, -0.15) is 13.2 Å². The number of nitrogens with zero attached hydrogens (tertiary/aromatic N) is 3. The van der Waals surface area contributed by atoms with Crippen LogP contribution in [0.3, 0.4) is 0 Å². The van der Waals surface area contributed by atoms with E-state index in [4.69, 9.17) is 11.6 Å².